The van der Waals surface area contributed by atoms with Gasteiger partial charge in [-0.2, -0.15) is 0 Å². The number of amides is 12. The zero-order chi connectivity index (χ0) is 80.4. The Hall–Kier alpha value is -10.7. The number of carbonyl (C=O) groups is 12. The SMILES string of the molecule is C=CCC[C@](C)(NC(=O)[C@H](CC(C)C)NC(=O)[C@H](CCCCN)NC(=O)[C@H](CC(C)C)NC(=O)[C@](C)(CCC=C)NC(=O)[C@H](Cc1ccccc1)NC(=O)[C@H](Cc1ccc(O)cc1)NC(=O)[C@H](C)NC(=O)[C@@H](N)[C@@H](C)O)C(=O)NCC(=O)N[C@@H](CCCN=C(N)N)C(=O)N[C@@H](Cc1c[nH]c2ccccc12)C(N)=O. The molecule has 12 atom stereocenters. The number of guanidine groups is 1. The quantitative estimate of drug-likeness (QED) is 0.0120. The number of aliphatic imine (C=N–C) groups is 1. The van der Waals surface area contributed by atoms with Crippen LogP contribution in [0.15, 0.2) is 115 Å². The zero-order valence-electron chi connectivity index (χ0n) is 63.2. The molecule has 1 aromatic heterocycles. The second-order valence-electron chi connectivity index (χ2n) is 28.4. The number of allylic oxidation sites excluding steroid dienone is 2. The molecule has 0 bridgehead atoms. The summed E-state index contributed by atoms with van der Waals surface area (Å²) in [6.45, 7) is 19.9. The van der Waals surface area contributed by atoms with Crippen LogP contribution in [0.2, 0.25) is 0 Å². The molecule has 24 N–H and O–H groups in total. The van der Waals surface area contributed by atoms with Gasteiger partial charge in [0.25, 0.3) is 0 Å². The highest BCUT2D eigenvalue weighted by Crippen LogP contribution is 2.22. The van der Waals surface area contributed by atoms with E-state index in [0.29, 0.717) is 29.5 Å². The van der Waals surface area contributed by atoms with Gasteiger partial charge in [0.15, 0.2) is 5.96 Å². The largest absolute Gasteiger partial charge is 0.508 e. The summed E-state index contributed by atoms with van der Waals surface area (Å²) in [5.74, 6) is -10.6. The Morgan fingerprint density at radius 2 is 1.02 bits per heavy atom. The molecule has 32 heteroatoms. The topological polar surface area (TPSA) is 536 Å². The van der Waals surface area contributed by atoms with Crippen molar-refractivity contribution in [1.82, 2.24) is 63.5 Å². The van der Waals surface area contributed by atoms with Crippen molar-refractivity contribution in [3.63, 3.8) is 0 Å². The van der Waals surface area contributed by atoms with Gasteiger partial charge in [-0.05, 0) is 152 Å². The highest BCUT2D eigenvalue weighted by Gasteiger charge is 2.42. The Kier molecular flexibility index (Phi) is 36.9. The lowest BCUT2D eigenvalue weighted by Crippen LogP contribution is -2.65. The summed E-state index contributed by atoms with van der Waals surface area (Å²) in [5, 5.41) is 50.4. The van der Waals surface area contributed by atoms with Crippen molar-refractivity contribution < 1.29 is 67.7 Å². The third-order valence-corrected chi connectivity index (χ3v) is 18.0. The molecule has 1 heterocycles. The van der Waals surface area contributed by atoms with E-state index in [9.17, 15) is 63.0 Å². The lowest BCUT2D eigenvalue weighted by Gasteiger charge is -2.34. The summed E-state index contributed by atoms with van der Waals surface area (Å²) < 4.78 is 0. The fourth-order valence-electron chi connectivity index (χ4n) is 11.7. The lowest BCUT2D eigenvalue weighted by atomic mass is 9.92. The Labute approximate surface area is 631 Å². The minimum atomic E-state index is -1.84. The molecule has 4 aromatic rings. The van der Waals surface area contributed by atoms with Crippen molar-refractivity contribution in [2.45, 2.75) is 217 Å². The lowest BCUT2D eigenvalue weighted by molar-refractivity contribution is -0.138. The van der Waals surface area contributed by atoms with E-state index in [0.717, 1.165) is 10.9 Å². The molecule has 0 aliphatic heterocycles. The van der Waals surface area contributed by atoms with Crippen LogP contribution in [0, 0.1) is 11.8 Å². The molecule has 0 saturated heterocycles. The number of phenolic OH excluding ortho intramolecular Hbond substituents is 1. The van der Waals surface area contributed by atoms with Crippen molar-refractivity contribution in [2.24, 2.45) is 45.5 Å². The number of benzene rings is 3. The van der Waals surface area contributed by atoms with Gasteiger partial charge in [-0.15, -0.1) is 13.2 Å². The maximum Gasteiger partial charge on any atom is 0.246 e. The molecule has 12 amide bonds. The second-order valence-corrected chi connectivity index (χ2v) is 28.4. The maximum atomic E-state index is 15.0. The van der Waals surface area contributed by atoms with Crippen LogP contribution in [-0.2, 0) is 76.8 Å². The number of unbranched alkanes of at least 4 members (excludes halogenated alkanes) is 1. The van der Waals surface area contributed by atoms with Crippen molar-refractivity contribution in [3.05, 3.63) is 127 Å². The van der Waals surface area contributed by atoms with E-state index in [2.05, 4.69) is 81.6 Å². The smallest absolute Gasteiger partial charge is 0.246 e. The minimum Gasteiger partial charge on any atom is -0.508 e. The van der Waals surface area contributed by atoms with Gasteiger partial charge in [0.05, 0.1) is 12.6 Å². The molecule has 592 valence electrons. The van der Waals surface area contributed by atoms with Crippen molar-refractivity contribution >= 4 is 87.7 Å². The molecule has 0 spiro atoms. The van der Waals surface area contributed by atoms with Crippen LogP contribution in [-0.4, -0.2) is 183 Å². The van der Waals surface area contributed by atoms with Crippen LogP contribution in [0.4, 0.5) is 0 Å². The van der Waals surface area contributed by atoms with Crippen LogP contribution in [0.5, 0.6) is 5.75 Å². The van der Waals surface area contributed by atoms with Crippen LogP contribution in [0.25, 0.3) is 10.9 Å². The van der Waals surface area contributed by atoms with E-state index in [1.807, 2.05) is 24.3 Å². The van der Waals surface area contributed by atoms with Gasteiger partial charge in [0.1, 0.15) is 71.2 Å². The first-order valence-electron chi connectivity index (χ1n) is 36.5. The Morgan fingerprint density at radius 3 is 1.58 bits per heavy atom. The Balaban J connectivity index is 1.58. The van der Waals surface area contributed by atoms with Gasteiger partial charge in [-0.3, -0.25) is 62.5 Å². The zero-order valence-corrected chi connectivity index (χ0v) is 63.2. The number of aromatic nitrogens is 1. The number of aliphatic hydroxyl groups excluding tert-OH is 1. The summed E-state index contributed by atoms with van der Waals surface area (Å²) in [6.07, 6.45) is 4.42. The van der Waals surface area contributed by atoms with E-state index < -0.39 is 149 Å². The number of aromatic amines is 1. The third-order valence-electron chi connectivity index (χ3n) is 18.0. The minimum absolute atomic E-state index is 0.0134. The number of para-hydroxylation sites is 1. The monoisotopic (exact) mass is 1500 g/mol. The number of aromatic hydroxyl groups is 1. The average Bonchev–Trinajstić information content (AvgIpc) is 1.33. The number of nitrogens with zero attached hydrogens (tertiary/aromatic N) is 1. The molecule has 0 aliphatic rings. The van der Waals surface area contributed by atoms with Gasteiger partial charge < -0.3 is 102 Å². The number of rotatable bonds is 48. The van der Waals surface area contributed by atoms with Gasteiger partial charge in [0.2, 0.25) is 70.9 Å². The van der Waals surface area contributed by atoms with E-state index >= 15 is 4.79 Å². The molecule has 4 rings (SSSR count). The molecule has 0 fully saturated rings. The fraction of sp³-hybridized carbons (Fsp3) is 0.513. The summed E-state index contributed by atoms with van der Waals surface area (Å²) >= 11 is 0. The van der Waals surface area contributed by atoms with Gasteiger partial charge in [0, 0.05) is 42.9 Å². The first kappa shape index (κ1) is 89.7. The molecule has 32 nitrogen and oxygen atoms in total. The van der Waals surface area contributed by atoms with Crippen molar-refractivity contribution in [1.29, 1.82) is 0 Å². The number of hydrogen-bond acceptors (Lipinski definition) is 17. The standard InChI is InChI=1S/C76H114N18O14/c1-11-13-33-75(9,72(107)84-43-61(97)86-54(28-22-36-82-74(80)81)65(100)88-56(63(79)98)41-50-42-83-53-26-19-18-25-52(50)53)93-69(104)58(38-45(5)6)90-66(101)55(27-20-21-35-77)87-67(102)57(37-44(3)4)92-73(108)76(10,34-14-12-2)94-70(105)60(39-48-23-16-15-17-24-48)91-68(103)59(40-49-29-31-51(96)32-30-49)89-64(99)46(7)85-71(106)62(78)47(8)95/h11-12,15-19,23-26,29-32,42,44-47,54-60,62,83,95-96H,1-2,13-14,20-22,27-28,33-41,43,77-78H2,3-10H3,(H2,79,98)(H,84,107)(H,85,106)(H,86,97)(H,87,102)(H,88,100)(H,89,99)(H,90,101)(H,91,103)(H,92,108)(H,93,104)(H,94,105)(H4,80,81,82)/t46-,47+,54-,55-,56-,57-,58-,59-,60-,62-,75-,76-/m0/s1. The van der Waals surface area contributed by atoms with Gasteiger partial charge in [-0.25, -0.2) is 0 Å². The number of hydrogen-bond donors (Lipinski definition) is 19. The number of H-pyrrole nitrogens is 1. The van der Waals surface area contributed by atoms with E-state index in [4.69, 9.17) is 28.7 Å². The predicted molar refractivity (Wildman–Crippen MR) is 411 cm³/mol. The Morgan fingerprint density at radius 1 is 0.537 bits per heavy atom. The van der Waals surface area contributed by atoms with Crippen molar-refractivity contribution in [3.8, 4) is 5.75 Å². The number of phenols is 1. The van der Waals surface area contributed by atoms with Gasteiger partial charge >= 0.3 is 0 Å². The van der Waals surface area contributed by atoms with E-state index in [1.165, 1.54) is 64.1 Å². The normalized spacial score (nSPS) is 15.1. The Bertz CT molecular complexity index is 3730. The first-order valence-corrected chi connectivity index (χ1v) is 36.5. The molecular weight excluding hydrogens is 1390 g/mol. The molecule has 0 saturated carbocycles. The highest BCUT2D eigenvalue weighted by molar-refractivity contribution is 6.01. The number of aliphatic hydroxyl groups is 1. The van der Waals surface area contributed by atoms with Crippen LogP contribution < -0.4 is 87.2 Å². The molecule has 0 unspecified atom stereocenters. The molecular formula is C76H114N18O14. The van der Waals surface area contributed by atoms with E-state index in [1.54, 1.807) is 64.2 Å². The third kappa shape index (κ3) is 29.9. The first-order chi connectivity index (χ1) is 51.0. The summed E-state index contributed by atoms with van der Waals surface area (Å²) in [6, 6.07) is 9.80. The molecule has 108 heavy (non-hydrogen) atoms. The van der Waals surface area contributed by atoms with Crippen LogP contribution in [0.1, 0.15) is 143 Å². The summed E-state index contributed by atoms with van der Waals surface area (Å²) in [4.78, 5) is 177. The average molecular weight is 1500 g/mol. The summed E-state index contributed by atoms with van der Waals surface area (Å²) in [7, 11) is 0. The molecule has 0 aliphatic carbocycles. The number of nitrogens with two attached hydrogens (primary N) is 5. The molecule has 0 radical (unpaired) electrons. The number of fused-ring (bicyclic) bond motifs is 1. The summed E-state index contributed by atoms with van der Waals surface area (Å²) in [5.41, 5.74) is 27.5. The maximum absolute atomic E-state index is 15.0. The number of primary amides is 1. The molecule has 3 aromatic carbocycles. The highest BCUT2D eigenvalue weighted by atomic mass is 16.3. The van der Waals surface area contributed by atoms with Gasteiger partial charge in [-0.1, -0.05) is 101 Å². The van der Waals surface area contributed by atoms with Crippen molar-refractivity contribution in [2.75, 3.05) is 19.6 Å². The second kappa shape index (κ2) is 44.4. The fourth-order valence-corrected chi connectivity index (χ4v) is 11.7. The predicted octanol–water partition coefficient (Wildman–Crippen LogP) is 0.0663. The van der Waals surface area contributed by atoms with E-state index in [-0.39, 0.29) is 114 Å². The number of nitrogens with one attached hydrogen (secondary N) is 12. The van der Waals surface area contributed by atoms with Crippen LogP contribution in [0.3, 0.4) is 0 Å². The van der Waals surface area contributed by atoms with Crippen LogP contribution >= 0.6 is 0 Å². The number of carbonyl (C=O) groups excluding carboxylic acids is 12.